The molecule has 3 unspecified atom stereocenters. The van der Waals surface area contributed by atoms with Gasteiger partial charge in [0, 0.05) is 17.3 Å². The lowest BCUT2D eigenvalue weighted by Crippen LogP contribution is -2.39. The van der Waals surface area contributed by atoms with Crippen LogP contribution in [0.15, 0.2) is 0 Å². The van der Waals surface area contributed by atoms with Gasteiger partial charge >= 0.3 is 6.18 Å². The molecular weight excluding hydrogens is 323 g/mol. The Bertz CT molecular complexity index is 296. The number of hydrogen-bond acceptors (Lipinski definition) is 1. The summed E-state index contributed by atoms with van der Waals surface area (Å²) in [6, 6.07) is 0. The smallest absolute Gasteiger partial charge is 0.355 e. The number of hydrogen-bond donors (Lipinski definition) is 1. The number of carbonyl (C=O) groups excluding carboxylic acids is 1. The molecule has 0 heterocycles. The SMILES string of the molecule is CCCC(Br)CNC(=O)C1CCCC(C(F)(F)F)C1. The standard InChI is InChI=1S/C13H21BrF3NO/c1-2-4-11(14)8-18-12(19)9-5-3-6-10(7-9)13(15,16)17/h9-11H,2-8H2,1H3,(H,18,19). The Morgan fingerprint density at radius 3 is 2.68 bits per heavy atom. The number of rotatable bonds is 5. The summed E-state index contributed by atoms with van der Waals surface area (Å²) in [5.41, 5.74) is 0. The van der Waals surface area contributed by atoms with Crippen LogP contribution in [-0.2, 0) is 4.79 Å². The lowest BCUT2D eigenvalue weighted by atomic mass is 9.80. The van der Waals surface area contributed by atoms with E-state index < -0.39 is 18.0 Å². The van der Waals surface area contributed by atoms with Gasteiger partial charge in [-0.2, -0.15) is 13.2 Å². The highest BCUT2D eigenvalue weighted by molar-refractivity contribution is 9.09. The van der Waals surface area contributed by atoms with E-state index in [0.717, 1.165) is 12.8 Å². The Morgan fingerprint density at radius 2 is 2.11 bits per heavy atom. The molecule has 0 aliphatic heterocycles. The van der Waals surface area contributed by atoms with E-state index >= 15 is 0 Å². The molecule has 1 amide bonds. The summed E-state index contributed by atoms with van der Waals surface area (Å²) in [7, 11) is 0. The van der Waals surface area contributed by atoms with Gasteiger partial charge < -0.3 is 5.32 Å². The van der Waals surface area contributed by atoms with Crippen LogP contribution < -0.4 is 5.32 Å². The number of amides is 1. The quantitative estimate of drug-likeness (QED) is 0.750. The van der Waals surface area contributed by atoms with Crippen LogP contribution in [-0.4, -0.2) is 23.5 Å². The van der Waals surface area contributed by atoms with Crippen LogP contribution in [0.5, 0.6) is 0 Å². The fraction of sp³-hybridized carbons (Fsp3) is 0.923. The van der Waals surface area contributed by atoms with Gasteiger partial charge in [-0.25, -0.2) is 0 Å². The third-order valence-corrected chi connectivity index (χ3v) is 4.39. The first-order valence-electron chi connectivity index (χ1n) is 6.83. The van der Waals surface area contributed by atoms with Crippen LogP contribution >= 0.6 is 15.9 Å². The molecule has 1 fully saturated rings. The van der Waals surface area contributed by atoms with E-state index in [0.29, 0.717) is 19.4 Å². The van der Waals surface area contributed by atoms with Gasteiger partial charge in [-0.15, -0.1) is 0 Å². The molecule has 1 aliphatic carbocycles. The summed E-state index contributed by atoms with van der Waals surface area (Å²) in [6.07, 6.45) is -1.07. The van der Waals surface area contributed by atoms with Gasteiger partial charge in [-0.1, -0.05) is 35.7 Å². The zero-order valence-electron chi connectivity index (χ0n) is 11.1. The Kier molecular flexibility index (Phi) is 6.63. The first-order valence-corrected chi connectivity index (χ1v) is 7.74. The van der Waals surface area contributed by atoms with Crippen molar-refractivity contribution in [2.24, 2.45) is 11.8 Å². The maximum Gasteiger partial charge on any atom is 0.391 e. The summed E-state index contributed by atoms with van der Waals surface area (Å²) in [4.78, 5) is 12.1. The van der Waals surface area contributed by atoms with Crippen molar-refractivity contribution in [3.63, 3.8) is 0 Å². The second-order valence-electron chi connectivity index (χ2n) is 5.23. The molecule has 19 heavy (non-hydrogen) atoms. The van der Waals surface area contributed by atoms with Crippen LogP contribution in [0.4, 0.5) is 13.2 Å². The van der Waals surface area contributed by atoms with Crippen LogP contribution in [0, 0.1) is 11.8 Å². The van der Waals surface area contributed by atoms with E-state index in [4.69, 9.17) is 0 Å². The number of carbonyl (C=O) groups is 1. The number of nitrogens with one attached hydrogen (secondary N) is 1. The lowest BCUT2D eigenvalue weighted by Gasteiger charge is -2.29. The number of alkyl halides is 4. The highest BCUT2D eigenvalue weighted by Gasteiger charge is 2.43. The normalized spacial score (nSPS) is 25.9. The first kappa shape index (κ1) is 16.8. The van der Waals surface area contributed by atoms with Crippen molar-refractivity contribution in [2.75, 3.05) is 6.54 Å². The molecule has 0 saturated heterocycles. The summed E-state index contributed by atoms with van der Waals surface area (Å²) in [5.74, 6) is -2.02. The molecular formula is C13H21BrF3NO. The number of halogens is 4. The minimum Gasteiger partial charge on any atom is -0.355 e. The average molecular weight is 344 g/mol. The molecule has 1 saturated carbocycles. The molecule has 112 valence electrons. The lowest BCUT2D eigenvalue weighted by molar-refractivity contribution is -0.186. The van der Waals surface area contributed by atoms with Gasteiger partial charge in [0.1, 0.15) is 0 Å². The molecule has 0 radical (unpaired) electrons. The van der Waals surface area contributed by atoms with Gasteiger partial charge in [-0.3, -0.25) is 4.79 Å². The monoisotopic (exact) mass is 343 g/mol. The Morgan fingerprint density at radius 1 is 1.42 bits per heavy atom. The van der Waals surface area contributed by atoms with E-state index in [-0.39, 0.29) is 23.6 Å². The van der Waals surface area contributed by atoms with E-state index in [2.05, 4.69) is 21.2 Å². The van der Waals surface area contributed by atoms with E-state index in [1.807, 2.05) is 6.92 Å². The molecule has 0 aromatic heterocycles. The minimum absolute atomic E-state index is 0.0595. The highest BCUT2D eigenvalue weighted by Crippen LogP contribution is 2.39. The second-order valence-corrected chi connectivity index (χ2v) is 6.53. The van der Waals surface area contributed by atoms with Crippen molar-refractivity contribution < 1.29 is 18.0 Å². The Hall–Kier alpha value is -0.260. The van der Waals surface area contributed by atoms with Crippen molar-refractivity contribution in [1.29, 1.82) is 0 Å². The van der Waals surface area contributed by atoms with Gasteiger partial charge in [0.05, 0.1) is 5.92 Å². The maximum atomic E-state index is 12.7. The Labute approximate surface area is 120 Å². The maximum absolute atomic E-state index is 12.7. The predicted octanol–water partition coefficient (Wildman–Crippen LogP) is 4.03. The molecule has 2 nitrogen and oxygen atoms in total. The molecule has 0 aromatic rings. The van der Waals surface area contributed by atoms with Gasteiger partial charge in [0.2, 0.25) is 5.91 Å². The van der Waals surface area contributed by atoms with Gasteiger partial charge in [-0.05, 0) is 25.7 Å². The van der Waals surface area contributed by atoms with E-state index in [1.54, 1.807) is 0 Å². The molecule has 3 atom stereocenters. The fourth-order valence-corrected chi connectivity index (χ4v) is 3.12. The summed E-state index contributed by atoms with van der Waals surface area (Å²) in [5, 5.41) is 2.76. The molecule has 0 bridgehead atoms. The van der Waals surface area contributed by atoms with Gasteiger partial charge in [0.25, 0.3) is 0 Å². The topological polar surface area (TPSA) is 29.1 Å². The molecule has 1 aliphatic rings. The first-order chi connectivity index (χ1) is 8.84. The predicted molar refractivity (Wildman–Crippen MR) is 72.1 cm³/mol. The van der Waals surface area contributed by atoms with Crippen molar-refractivity contribution in [3.8, 4) is 0 Å². The zero-order chi connectivity index (χ0) is 14.5. The third-order valence-electron chi connectivity index (χ3n) is 3.61. The molecule has 0 spiro atoms. The highest BCUT2D eigenvalue weighted by atomic mass is 79.9. The van der Waals surface area contributed by atoms with Crippen LogP contribution in [0.1, 0.15) is 45.4 Å². The molecule has 0 aromatic carbocycles. The van der Waals surface area contributed by atoms with Crippen LogP contribution in [0.3, 0.4) is 0 Å². The van der Waals surface area contributed by atoms with Crippen molar-refractivity contribution in [2.45, 2.75) is 56.5 Å². The Balaban J connectivity index is 2.40. The van der Waals surface area contributed by atoms with Crippen molar-refractivity contribution in [1.82, 2.24) is 5.32 Å². The fourth-order valence-electron chi connectivity index (χ4n) is 2.50. The van der Waals surface area contributed by atoms with Crippen molar-refractivity contribution >= 4 is 21.8 Å². The summed E-state index contributed by atoms with van der Waals surface area (Å²) >= 11 is 3.44. The average Bonchev–Trinajstić information content (AvgIpc) is 2.35. The molecule has 6 heteroatoms. The van der Waals surface area contributed by atoms with E-state index in [9.17, 15) is 18.0 Å². The summed E-state index contributed by atoms with van der Waals surface area (Å²) < 4.78 is 38.0. The third kappa shape index (κ3) is 5.71. The summed E-state index contributed by atoms with van der Waals surface area (Å²) in [6.45, 7) is 2.53. The van der Waals surface area contributed by atoms with Crippen molar-refractivity contribution in [3.05, 3.63) is 0 Å². The molecule has 1 rings (SSSR count). The second kappa shape index (κ2) is 7.50. The zero-order valence-corrected chi connectivity index (χ0v) is 12.7. The molecule has 1 N–H and O–H groups in total. The van der Waals surface area contributed by atoms with Crippen LogP contribution in [0.25, 0.3) is 0 Å². The minimum atomic E-state index is -4.17. The van der Waals surface area contributed by atoms with Gasteiger partial charge in [0.15, 0.2) is 0 Å². The van der Waals surface area contributed by atoms with Crippen LogP contribution in [0.2, 0.25) is 0 Å². The largest absolute Gasteiger partial charge is 0.391 e. The van der Waals surface area contributed by atoms with E-state index in [1.165, 1.54) is 0 Å².